The standard InChI is InChI=1S/C42H54N2O4/c1-7-9-23-43-29-17-13-11-15-27(29)41(3,4)39(43)33-35(45)31(36(33)46)25-19-21-26(22-20-25)32-37(47)34(38(32)48)40-42(5,6)28-16-12-14-18-30(28)44(40)24-10-8-2/h11-22,31-33,35-39,45-48H,7-10,23-24H2,1-6H3. The van der Waals surface area contributed by atoms with Gasteiger partial charge in [-0.3, -0.25) is 0 Å². The molecule has 7 rings (SSSR count). The molecule has 0 bridgehead atoms. The Morgan fingerprint density at radius 2 is 1.15 bits per heavy atom. The van der Waals surface area contributed by atoms with Crippen LogP contribution in [-0.4, -0.2) is 64.0 Å². The van der Waals surface area contributed by atoms with Gasteiger partial charge in [0.15, 0.2) is 0 Å². The van der Waals surface area contributed by atoms with Gasteiger partial charge in [0.1, 0.15) is 0 Å². The first kappa shape index (κ1) is 33.3. The summed E-state index contributed by atoms with van der Waals surface area (Å²) in [6.45, 7) is 15.0. The van der Waals surface area contributed by atoms with Crippen LogP contribution in [0.4, 0.5) is 11.4 Å². The molecular weight excluding hydrogens is 596 g/mol. The largest absolute Gasteiger partial charge is 0.392 e. The number of nitrogens with zero attached hydrogens (tertiary/aromatic N) is 2. The van der Waals surface area contributed by atoms with Crippen molar-refractivity contribution in [2.75, 3.05) is 22.9 Å². The predicted molar refractivity (Wildman–Crippen MR) is 194 cm³/mol. The molecule has 6 heteroatoms. The van der Waals surface area contributed by atoms with E-state index in [4.69, 9.17) is 0 Å². The number of unbranched alkanes of at least 4 members (excludes halogenated alkanes) is 2. The zero-order chi connectivity index (χ0) is 34.1. The zero-order valence-electron chi connectivity index (χ0n) is 29.5. The lowest BCUT2D eigenvalue weighted by molar-refractivity contribution is -0.132. The van der Waals surface area contributed by atoms with Gasteiger partial charge < -0.3 is 30.2 Å². The maximum absolute atomic E-state index is 11.7. The zero-order valence-corrected chi connectivity index (χ0v) is 29.5. The molecule has 48 heavy (non-hydrogen) atoms. The molecule has 2 aliphatic carbocycles. The summed E-state index contributed by atoms with van der Waals surface area (Å²) in [7, 11) is 0. The van der Waals surface area contributed by atoms with E-state index in [1.165, 1.54) is 22.5 Å². The van der Waals surface area contributed by atoms with Crippen LogP contribution < -0.4 is 9.80 Å². The summed E-state index contributed by atoms with van der Waals surface area (Å²) in [4.78, 5) is 4.76. The van der Waals surface area contributed by atoms with Crippen molar-refractivity contribution in [1.29, 1.82) is 0 Å². The molecule has 4 N–H and O–H groups in total. The fraction of sp³-hybridized carbons (Fsp3) is 0.524. The van der Waals surface area contributed by atoms with E-state index in [2.05, 4.69) is 99.9 Å². The van der Waals surface area contributed by atoms with Crippen LogP contribution in [-0.2, 0) is 10.8 Å². The van der Waals surface area contributed by atoms with Crippen molar-refractivity contribution >= 4 is 11.4 Å². The highest BCUT2D eigenvalue weighted by molar-refractivity contribution is 5.72. The Hall–Kier alpha value is -3.16. The molecule has 2 saturated carbocycles. The summed E-state index contributed by atoms with van der Waals surface area (Å²) in [5.41, 5.74) is 7.87. The van der Waals surface area contributed by atoms with Crippen molar-refractivity contribution in [1.82, 2.24) is 0 Å². The summed E-state index contributed by atoms with van der Waals surface area (Å²) in [6, 6.07) is 24.9. The van der Waals surface area contributed by atoms with Gasteiger partial charge in [0.25, 0.3) is 0 Å². The number of para-hydroxylation sites is 2. The molecule has 0 aromatic heterocycles. The number of benzene rings is 3. The van der Waals surface area contributed by atoms with Crippen molar-refractivity contribution < 1.29 is 20.4 Å². The number of aliphatic hydroxyl groups is 4. The van der Waals surface area contributed by atoms with Gasteiger partial charge in [0.2, 0.25) is 0 Å². The van der Waals surface area contributed by atoms with Crippen LogP contribution in [0, 0.1) is 5.92 Å². The van der Waals surface area contributed by atoms with Gasteiger partial charge in [0.05, 0.1) is 24.4 Å². The number of allylic oxidation sites excluding steroid dienone is 1. The first-order valence-electron chi connectivity index (χ1n) is 18.3. The van der Waals surface area contributed by atoms with Gasteiger partial charge >= 0.3 is 0 Å². The van der Waals surface area contributed by atoms with Crippen molar-refractivity contribution in [2.24, 2.45) is 5.92 Å². The summed E-state index contributed by atoms with van der Waals surface area (Å²) in [5, 5.41) is 46.8. The Bertz CT molecular complexity index is 1660. The normalized spacial score (nSPS) is 31.4. The molecule has 0 spiro atoms. The first-order chi connectivity index (χ1) is 23.0. The molecular formula is C42H54N2O4. The van der Waals surface area contributed by atoms with E-state index in [9.17, 15) is 20.4 Å². The second-order valence-electron chi connectivity index (χ2n) is 15.8. The van der Waals surface area contributed by atoms with Gasteiger partial charge in [-0.25, -0.2) is 0 Å². The van der Waals surface area contributed by atoms with Gasteiger partial charge in [-0.15, -0.1) is 0 Å². The van der Waals surface area contributed by atoms with Crippen molar-refractivity contribution in [2.45, 2.75) is 120 Å². The molecule has 2 heterocycles. The molecule has 5 unspecified atom stereocenters. The molecule has 0 saturated heterocycles. The Morgan fingerprint density at radius 3 is 1.75 bits per heavy atom. The number of fused-ring (bicyclic) bond motifs is 2. The monoisotopic (exact) mass is 650 g/mol. The van der Waals surface area contributed by atoms with E-state index in [1.54, 1.807) is 0 Å². The Balaban J connectivity index is 1.11. The van der Waals surface area contributed by atoms with Crippen molar-refractivity contribution in [3.05, 3.63) is 106 Å². The minimum atomic E-state index is -0.789. The number of hydrogen-bond donors (Lipinski definition) is 4. The quantitative estimate of drug-likeness (QED) is 0.205. The highest BCUT2D eigenvalue weighted by Crippen LogP contribution is 2.57. The molecule has 2 fully saturated rings. The van der Waals surface area contributed by atoms with E-state index in [-0.39, 0.29) is 28.7 Å². The van der Waals surface area contributed by atoms with Gasteiger partial charge in [-0.2, -0.15) is 0 Å². The third kappa shape index (κ3) is 4.81. The van der Waals surface area contributed by atoms with Crippen LogP contribution in [0.3, 0.4) is 0 Å². The molecule has 256 valence electrons. The van der Waals surface area contributed by atoms with Crippen molar-refractivity contribution in [3.63, 3.8) is 0 Å². The summed E-state index contributed by atoms with van der Waals surface area (Å²) < 4.78 is 0. The van der Waals surface area contributed by atoms with E-state index in [1.807, 2.05) is 24.3 Å². The number of anilines is 2. The van der Waals surface area contributed by atoms with Crippen LogP contribution in [0.15, 0.2) is 84.1 Å². The lowest BCUT2D eigenvalue weighted by Crippen LogP contribution is -2.65. The third-order valence-corrected chi connectivity index (χ3v) is 12.4. The molecule has 6 nitrogen and oxygen atoms in total. The fourth-order valence-corrected chi connectivity index (χ4v) is 9.84. The smallest absolute Gasteiger partial charge is 0.0892 e. The van der Waals surface area contributed by atoms with Crippen LogP contribution in [0.5, 0.6) is 0 Å². The van der Waals surface area contributed by atoms with Gasteiger partial charge in [0, 0.05) is 70.4 Å². The lowest BCUT2D eigenvalue weighted by Gasteiger charge is -2.54. The van der Waals surface area contributed by atoms with Crippen LogP contribution in [0.1, 0.15) is 101 Å². The van der Waals surface area contributed by atoms with Gasteiger partial charge in [-0.05, 0) is 47.2 Å². The average molecular weight is 651 g/mol. The molecule has 2 aliphatic heterocycles. The number of aliphatic hydroxyl groups excluding tert-OH is 4. The minimum Gasteiger partial charge on any atom is -0.392 e. The third-order valence-electron chi connectivity index (χ3n) is 12.4. The van der Waals surface area contributed by atoms with Gasteiger partial charge in [-0.1, -0.05) is 115 Å². The predicted octanol–water partition coefficient (Wildman–Crippen LogP) is 6.76. The van der Waals surface area contributed by atoms with Crippen LogP contribution in [0.25, 0.3) is 0 Å². The van der Waals surface area contributed by atoms with Crippen LogP contribution in [0.2, 0.25) is 0 Å². The number of hydrogen-bond acceptors (Lipinski definition) is 6. The van der Waals surface area contributed by atoms with E-state index in [0.717, 1.165) is 61.2 Å². The molecule has 3 aromatic rings. The highest BCUT2D eigenvalue weighted by atomic mass is 16.3. The molecule has 5 atom stereocenters. The van der Waals surface area contributed by atoms with E-state index >= 15 is 0 Å². The Morgan fingerprint density at radius 1 is 0.625 bits per heavy atom. The van der Waals surface area contributed by atoms with E-state index < -0.39 is 30.3 Å². The minimum absolute atomic E-state index is 0.00318. The fourth-order valence-electron chi connectivity index (χ4n) is 9.84. The maximum Gasteiger partial charge on any atom is 0.0892 e. The Kier molecular flexibility index (Phi) is 8.55. The molecule has 0 radical (unpaired) electrons. The Labute approximate surface area is 286 Å². The topological polar surface area (TPSA) is 87.4 Å². The second-order valence-corrected chi connectivity index (χ2v) is 15.8. The molecule has 4 aliphatic rings. The summed E-state index contributed by atoms with van der Waals surface area (Å²) in [6.07, 6.45) is 1.31. The van der Waals surface area contributed by atoms with Crippen LogP contribution >= 0.6 is 0 Å². The second kappa shape index (κ2) is 12.3. The van der Waals surface area contributed by atoms with E-state index in [0.29, 0.717) is 0 Å². The maximum atomic E-state index is 11.7. The number of rotatable bonds is 9. The molecule has 0 amide bonds. The SMILES string of the molecule is CCCCN1C(=C2C(O)C(c3ccc(C4C(O)C(C5N(CCCC)c6ccccc6C5(C)C)C4O)cc3)C2O)C(C)(C)c2ccccc21. The first-order valence-corrected chi connectivity index (χ1v) is 18.3. The average Bonchev–Trinajstić information content (AvgIpc) is 3.43. The summed E-state index contributed by atoms with van der Waals surface area (Å²) in [5.74, 6) is -1.08. The van der Waals surface area contributed by atoms with Crippen molar-refractivity contribution in [3.8, 4) is 0 Å². The molecule has 3 aromatic carbocycles. The summed E-state index contributed by atoms with van der Waals surface area (Å²) >= 11 is 0. The lowest BCUT2D eigenvalue weighted by atomic mass is 9.58. The highest BCUT2D eigenvalue weighted by Gasteiger charge is 2.60.